The van der Waals surface area contributed by atoms with Crippen LogP contribution in [0.15, 0.2) is 36.4 Å². The summed E-state index contributed by atoms with van der Waals surface area (Å²) in [7, 11) is 0. The van der Waals surface area contributed by atoms with Crippen LogP contribution in [0, 0.1) is 28.4 Å². The van der Waals surface area contributed by atoms with E-state index in [-0.39, 0.29) is 5.69 Å². The number of nitro groups is 1. The molecule has 126 valence electrons. The van der Waals surface area contributed by atoms with E-state index in [0.29, 0.717) is 12.1 Å². The molecule has 0 N–H and O–H groups in total. The summed E-state index contributed by atoms with van der Waals surface area (Å²) in [5.41, 5.74) is 5.57. The Labute approximate surface area is 153 Å². The monoisotopic (exact) mass is 397 g/mol. The van der Waals surface area contributed by atoms with Crippen molar-refractivity contribution in [1.82, 2.24) is 4.57 Å². The van der Waals surface area contributed by atoms with Gasteiger partial charge in [0.05, 0.1) is 21.7 Å². The van der Waals surface area contributed by atoms with Gasteiger partial charge in [0.2, 0.25) is 0 Å². The van der Waals surface area contributed by atoms with Crippen molar-refractivity contribution in [2.45, 2.75) is 25.7 Å². The van der Waals surface area contributed by atoms with E-state index < -0.39 is 4.92 Å². The summed E-state index contributed by atoms with van der Waals surface area (Å²) in [5, 5.41) is 22.3. The molecule has 3 rings (SSSR count). The Morgan fingerprint density at radius 2 is 1.96 bits per heavy atom. The first-order chi connectivity index (χ1) is 12.0. The lowest BCUT2D eigenvalue weighted by atomic mass is 10.0. The Morgan fingerprint density at radius 3 is 2.48 bits per heavy atom. The minimum Gasteiger partial charge on any atom is -0.340 e. The SMILES string of the molecule is CCn1c(-c2ccc([N+](=O)[O-])cc2)c(C#N)c2cc(CBr)c(C)cc21. The molecule has 0 aliphatic rings. The van der Waals surface area contributed by atoms with Crippen LogP contribution in [0.2, 0.25) is 0 Å². The van der Waals surface area contributed by atoms with Gasteiger partial charge in [0, 0.05) is 35.0 Å². The third-order valence-corrected chi connectivity index (χ3v) is 5.05. The summed E-state index contributed by atoms with van der Waals surface area (Å²) in [6.07, 6.45) is 0. The smallest absolute Gasteiger partial charge is 0.269 e. The molecule has 25 heavy (non-hydrogen) atoms. The Balaban J connectivity index is 2.34. The number of fused-ring (bicyclic) bond motifs is 1. The molecule has 6 heteroatoms. The van der Waals surface area contributed by atoms with Gasteiger partial charge in [-0.1, -0.05) is 15.9 Å². The average Bonchev–Trinajstić information content (AvgIpc) is 2.93. The first kappa shape index (κ1) is 17.2. The van der Waals surface area contributed by atoms with E-state index in [2.05, 4.69) is 45.6 Å². The van der Waals surface area contributed by atoms with Crippen molar-refractivity contribution in [3.8, 4) is 17.3 Å². The number of aryl methyl sites for hydroxylation is 2. The van der Waals surface area contributed by atoms with Gasteiger partial charge >= 0.3 is 0 Å². The maximum atomic E-state index is 10.9. The first-order valence-electron chi connectivity index (χ1n) is 7.88. The number of nitriles is 1. The molecule has 0 radical (unpaired) electrons. The third-order valence-electron chi connectivity index (χ3n) is 4.44. The molecule has 0 amide bonds. The molecule has 0 aliphatic heterocycles. The fraction of sp³-hybridized carbons (Fsp3) is 0.211. The zero-order valence-corrected chi connectivity index (χ0v) is 15.5. The number of nitro benzene ring substituents is 1. The van der Waals surface area contributed by atoms with E-state index in [1.165, 1.54) is 12.1 Å². The van der Waals surface area contributed by atoms with E-state index in [0.717, 1.165) is 38.6 Å². The second-order valence-corrected chi connectivity index (χ2v) is 6.37. The quantitative estimate of drug-likeness (QED) is 0.340. The van der Waals surface area contributed by atoms with Crippen LogP contribution in [0.4, 0.5) is 5.69 Å². The van der Waals surface area contributed by atoms with E-state index in [1.807, 2.05) is 6.92 Å². The van der Waals surface area contributed by atoms with Crippen LogP contribution in [0.5, 0.6) is 0 Å². The predicted octanol–water partition coefficient (Wildman–Crippen LogP) is 5.31. The molecule has 5 nitrogen and oxygen atoms in total. The predicted molar refractivity (Wildman–Crippen MR) is 102 cm³/mol. The van der Waals surface area contributed by atoms with Crippen LogP contribution in [-0.2, 0) is 11.9 Å². The second kappa shape index (κ2) is 6.69. The van der Waals surface area contributed by atoms with E-state index in [4.69, 9.17) is 0 Å². The van der Waals surface area contributed by atoms with Crippen molar-refractivity contribution >= 4 is 32.5 Å². The summed E-state index contributed by atoms with van der Waals surface area (Å²) in [6, 6.07) is 12.8. The Morgan fingerprint density at radius 1 is 1.28 bits per heavy atom. The number of alkyl halides is 1. The standard InChI is InChI=1S/C19H16BrN3O2/c1-3-22-18-8-12(2)14(10-20)9-16(18)17(11-21)19(22)13-4-6-15(7-5-13)23(24)25/h4-9H,3,10H2,1-2H3. The van der Waals surface area contributed by atoms with Gasteiger partial charge in [0.15, 0.2) is 0 Å². The lowest BCUT2D eigenvalue weighted by molar-refractivity contribution is -0.384. The normalized spacial score (nSPS) is 10.8. The van der Waals surface area contributed by atoms with Crippen molar-refractivity contribution in [3.05, 3.63) is 63.2 Å². The molecule has 2 aromatic carbocycles. The molecule has 0 saturated carbocycles. The number of hydrogen-bond donors (Lipinski definition) is 0. The van der Waals surface area contributed by atoms with Crippen LogP contribution in [0.25, 0.3) is 22.2 Å². The van der Waals surface area contributed by atoms with Gasteiger partial charge in [-0.2, -0.15) is 5.26 Å². The lowest BCUT2D eigenvalue weighted by Gasteiger charge is -2.09. The van der Waals surface area contributed by atoms with Crippen LogP contribution in [0.3, 0.4) is 0 Å². The zero-order chi connectivity index (χ0) is 18.1. The first-order valence-corrected chi connectivity index (χ1v) is 9.00. The Kier molecular flexibility index (Phi) is 4.60. The topological polar surface area (TPSA) is 71.9 Å². The van der Waals surface area contributed by atoms with E-state index in [9.17, 15) is 15.4 Å². The molecule has 0 saturated heterocycles. The number of rotatable bonds is 4. The molecule has 0 spiro atoms. The molecule has 1 aromatic heterocycles. The van der Waals surface area contributed by atoms with Crippen molar-refractivity contribution < 1.29 is 4.92 Å². The lowest BCUT2D eigenvalue weighted by Crippen LogP contribution is -1.98. The van der Waals surface area contributed by atoms with Crippen molar-refractivity contribution in [2.24, 2.45) is 0 Å². The number of hydrogen-bond acceptors (Lipinski definition) is 3. The summed E-state index contributed by atoms with van der Waals surface area (Å²) in [4.78, 5) is 10.5. The molecule has 0 bridgehead atoms. The van der Waals surface area contributed by atoms with Gasteiger partial charge in [0.1, 0.15) is 6.07 Å². The number of nitrogens with zero attached hydrogens (tertiary/aromatic N) is 3. The zero-order valence-electron chi connectivity index (χ0n) is 13.9. The Bertz CT molecular complexity index is 1010. The minimum atomic E-state index is -0.421. The number of benzene rings is 2. The average molecular weight is 398 g/mol. The van der Waals surface area contributed by atoms with Gasteiger partial charge in [-0.05, 0) is 49.2 Å². The summed E-state index contributed by atoms with van der Waals surface area (Å²) in [6.45, 7) is 4.79. The summed E-state index contributed by atoms with van der Waals surface area (Å²) >= 11 is 3.50. The van der Waals surface area contributed by atoms with Crippen LogP contribution in [-0.4, -0.2) is 9.49 Å². The maximum absolute atomic E-state index is 10.9. The fourth-order valence-corrected chi connectivity index (χ4v) is 3.77. The maximum Gasteiger partial charge on any atom is 0.269 e. The largest absolute Gasteiger partial charge is 0.340 e. The Hall–Kier alpha value is -2.65. The van der Waals surface area contributed by atoms with Crippen molar-refractivity contribution in [1.29, 1.82) is 5.26 Å². The van der Waals surface area contributed by atoms with Crippen molar-refractivity contribution in [2.75, 3.05) is 0 Å². The van der Waals surface area contributed by atoms with Crippen LogP contribution >= 0.6 is 15.9 Å². The van der Waals surface area contributed by atoms with E-state index in [1.54, 1.807) is 12.1 Å². The highest BCUT2D eigenvalue weighted by atomic mass is 79.9. The highest BCUT2D eigenvalue weighted by molar-refractivity contribution is 9.08. The summed E-state index contributed by atoms with van der Waals surface area (Å²) < 4.78 is 2.10. The van der Waals surface area contributed by atoms with Crippen LogP contribution < -0.4 is 0 Å². The van der Waals surface area contributed by atoms with Gasteiger partial charge < -0.3 is 4.57 Å². The molecule has 1 heterocycles. The molecule has 3 aromatic rings. The molecule has 0 aliphatic carbocycles. The number of non-ortho nitro benzene ring substituents is 1. The number of halogens is 1. The van der Waals surface area contributed by atoms with Gasteiger partial charge in [-0.25, -0.2) is 0 Å². The number of aromatic nitrogens is 1. The third kappa shape index (κ3) is 2.81. The molecule has 0 atom stereocenters. The van der Waals surface area contributed by atoms with Gasteiger partial charge in [0.25, 0.3) is 5.69 Å². The molecule has 0 unspecified atom stereocenters. The molecular formula is C19H16BrN3O2. The highest BCUT2D eigenvalue weighted by Gasteiger charge is 2.19. The molecular weight excluding hydrogens is 382 g/mol. The minimum absolute atomic E-state index is 0.0406. The highest BCUT2D eigenvalue weighted by Crippen LogP contribution is 2.36. The van der Waals surface area contributed by atoms with Gasteiger partial charge in [-0.3, -0.25) is 10.1 Å². The summed E-state index contributed by atoms with van der Waals surface area (Å²) in [5.74, 6) is 0. The van der Waals surface area contributed by atoms with E-state index >= 15 is 0 Å². The van der Waals surface area contributed by atoms with Gasteiger partial charge in [-0.15, -0.1) is 0 Å². The second-order valence-electron chi connectivity index (χ2n) is 5.81. The van der Waals surface area contributed by atoms with Crippen molar-refractivity contribution in [3.63, 3.8) is 0 Å². The fourth-order valence-electron chi connectivity index (χ4n) is 3.17. The van der Waals surface area contributed by atoms with Crippen LogP contribution in [0.1, 0.15) is 23.6 Å². The molecule has 0 fully saturated rings.